The molecule has 0 radical (unpaired) electrons. The number of aryl methyl sites for hydroxylation is 2. The van der Waals surface area contributed by atoms with Gasteiger partial charge in [-0.1, -0.05) is 30.3 Å². The molecule has 16 heavy (non-hydrogen) atoms. The number of aromatic nitrogens is 1. The summed E-state index contributed by atoms with van der Waals surface area (Å²) < 4.78 is 5.67. The molecule has 0 atom stereocenters. The normalized spacial score (nSPS) is 10.1. The van der Waals surface area contributed by atoms with E-state index in [1.807, 2.05) is 50.4 Å². The Hall–Kier alpha value is -1.83. The fraction of sp³-hybridized carbons (Fsp3) is 0.214. The molecule has 0 saturated carbocycles. The second-order valence-electron chi connectivity index (χ2n) is 3.91. The monoisotopic (exact) mass is 213 g/mol. The van der Waals surface area contributed by atoms with Gasteiger partial charge in [0, 0.05) is 11.8 Å². The van der Waals surface area contributed by atoms with Crippen molar-refractivity contribution in [3.05, 3.63) is 59.3 Å². The van der Waals surface area contributed by atoms with Crippen LogP contribution < -0.4 is 4.74 Å². The van der Waals surface area contributed by atoms with E-state index in [9.17, 15) is 0 Å². The standard InChI is InChI=1S/C14H15NO/c1-11-8-12(2)14(15-9-11)16-10-13-6-4-3-5-7-13/h3-9H,10H2,1-2H3. The van der Waals surface area contributed by atoms with Gasteiger partial charge in [0.15, 0.2) is 0 Å². The van der Waals surface area contributed by atoms with Crippen molar-refractivity contribution >= 4 is 0 Å². The average molecular weight is 213 g/mol. The minimum atomic E-state index is 0.567. The molecule has 0 spiro atoms. The van der Waals surface area contributed by atoms with Crippen molar-refractivity contribution in [3.63, 3.8) is 0 Å². The van der Waals surface area contributed by atoms with Crippen molar-refractivity contribution in [2.24, 2.45) is 0 Å². The van der Waals surface area contributed by atoms with Gasteiger partial charge in [0.1, 0.15) is 6.61 Å². The maximum Gasteiger partial charge on any atom is 0.216 e. The predicted octanol–water partition coefficient (Wildman–Crippen LogP) is 3.28. The van der Waals surface area contributed by atoms with Crippen LogP contribution in [-0.4, -0.2) is 4.98 Å². The van der Waals surface area contributed by atoms with E-state index in [1.165, 1.54) is 0 Å². The number of rotatable bonds is 3. The molecule has 0 unspecified atom stereocenters. The predicted molar refractivity (Wildman–Crippen MR) is 64.5 cm³/mol. The second kappa shape index (κ2) is 4.79. The highest BCUT2D eigenvalue weighted by Gasteiger charge is 2.01. The van der Waals surface area contributed by atoms with Crippen LogP contribution in [0.1, 0.15) is 16.7 Å². The van der Waals surface area contributed by atoms with Gasteiger partial charge in [-0.2, -0.15) is 0 Å². The molecule has 0 bridgehead atoms. The van der Waals surface area contributed by atoms with E-state index in [1.54, 1.807) is 0 Å². The topological polar surface area (TPSA) is 22.1 Å². The average Bonchev–Trinajstić information content (AvgIpc) is 2.29. The molecule has 0 aliphatic heterocycles. The van der Waals surface area contributed by atoms with Crippen molar-refractivity contribution in [1.29, 1.82) is 0 Å². The summed E-state index contributed by atoms with van der Waals surface area (Å²) in [5.41, 5.74) is 3.39. The summed E-state index contributed by atoms with van der Waals surface area (Å²) >= 11 is 0. The third-order valence-electron chi connectivity index (χ3n) is 2.39. The van der Waals surface area contributed by atoms with Crippen LogP contribution >= 0.6 is 0 Å². The molecule has 1 aromatic carbocycles. The minimum absolute atomic E-state index is 0.567. The van der Waals surface area contributed by atoms with Crippen LogP contribution in [0.2, 0.25) is 0 Å². The van der Waals surface area contributed by atoms with Gasteiger partial charge >= 0.3 is 0 Å². The summed E-state index contributed by atoms with van der Waals surface area (Å²) in [5.74, 6) is 0.717. The van der Waals surface area contributed by atoms with Crippen molar-refractivity contribution in [2.75, 3.05) is 0 Å². The number of hydrogen-bond acceptors (Lipinski definition) is 2. The molecule has 2 aromatic rings. The van der Waals surface area contributed by atoms with Crippen molar-refractivity contribution in [2.45, 2.75) is 20.5 Å². The molecule has 2 rings (SSSR count). The summed E-state index contributed by atoms with van der Waals surface area (Å²) in [5, 5.41) is 0. The van der Waals surface area contributed by atoms with E-state index in [4.69, 9.17) is 4.74 Å². The van der Waals surface area contributed by atoms with Crippen LogP contribution in [-0.2, 0) is 6.61 Å². The van der Waals surface area contributed by atoms with Gasteiger partial charge in [0.25, 0.3) is 0 Å². The Bertz CT molecular complexity index is 465. The maximum atomic E-state index is 5.67. The first-order chi connectivity index (χ1) is 7.75. The first-order valence-corrected chi connectivity index (χ1v) is 5.35. The highest BCUT2D eigenvalue weighted by molar-refractivity contribution is 5.28. The second-order valence-corrected chi connectivity index (χ2v) is 3.91. The fourth-order valence-corrected chi connectivity index (χ4v) is 1.58. The lowest BCUT2D eigenvalue weighted by molar-refractivity contribution is 0.291. The third kappa shape index (κ3) is 2.60. The smallest absolute Gasteiger partial charge is 0.216 e. The lowest BCUT2D eigenvalue weighted by Gasteiger charge is -2.08. The zero-order chi connectivity index (χ0) is 11.4. The number of hydrogen-bond donors (Lipinski definition) is 0. The van der Waals surface area contributed by atoms with Gasteiger partial charge in [0.05, 0.1) is 0 Å². The van der Waals surface area contributed by atoms with Crippen LogP contribution in [0.25, 0.3) is 0 Å². The summed E-state index contributed by atoms with van der Waals surface area (Å²) in [4.78, 5) is 4.27. The number of nitrogens with zero attached hydrogens (tertiary/aromatic N) is 1. The van der Waals surface area contributed by atoms with Gasteiger partial charge in [-0.25, -0.2) is 4.98 Å². The van der Waals surface area contributed by atoms with Crippen molar-refractivity contribution < 1.29 is 4.74 Å². The Morgan fingerprint density at radius 2 is 1.88 bits per heavy atom. The molecule has 0 amide bonds. The summed E-state index contributed by atoms with van der Waals surface area (Å²) in [6.45, 7) is 4.61. The van der Waals surface area contributed by atoms with E-state index < -0.39 is 0 Å². The highest BCUT2D eigenvalue weighted by Crippen LogP contribution is 2.16. The molecule has 0 N–H and O–H groups in total. The Labute approximate surface area is 95.9 Å². The molecular formula is C14H15NO. The van der Waals surface area contributed by atoms with Crippen LogP contribution in [0, 0.1) is 13.8 Å². The van der Waals surface area contributed by atoms with Crippen molar-refractivity contribution in [1.82, 2.24) is 4.98 Å². The SMILES string of the molecule is Cc1cnc(OCc2ccccc2)c(C)c1. The Balaban J connectivity index is 2.05. The summed E-state index contributed by atoms with van der Waals surface area (Å²) in [6, 6.07) is 12.2. The quantitative estimate of drug-likeness (QED) is 0.780. The molecule has 82 valence electrons. The van der Waals surface area contributed by atoms with Crippen LogP contribution in [0.3, 0.4) is 0 Å². The van der Waals surface area contributed by atoms with Gasteiger partial charge < -0.3 is 4.74 Å². The zero-order valence-corrected chi connectivity index (χ0v) is 9.60. The van der Waals surface area contributed by atoms with Crippen molar-refractivity contribution in [3.8, 4) is 5.88 Å². The fourth-order valence-electron chi connectivity index (χ4n) is 1.58. The summed E-state index contributed by atoms with van der Waals surface area (Å²) in [7, 11) is 0. The lowest BCUT2D eigenvalue weighted by Crippen LogP contribution is -1.99. The highest BCUT2D eigenvalue weighted by atomic mass is 16.5. The molecule has 1 aromatic heterocycles. The minimum Gasteiger partial charge on any atom is -0.473 e. The number of ether oxygens (including phenoxy) is 1. The number of pyridine rings is 1. The molecule has 2 heteroatoms. The molecular weight excluding hydrogens is 198 g/mol. The van der Waals surface area contributed by atoms with Crippen LogP contribution in [0.5, 0.6) is 5.88 Å². The summed E-state index contributed by atoms with van der Waals surface area (Å²) in [6.07, 6.45) is 1.83. The van der Waals surface area contributed by atoms with E-state index in [0.717, 1.165) is 22.6 Å². The number of benzene rings is 1. The first kappa shape index (κ1) is 10.7. The van der Waals surface area contributed by atoms with Crippen LogP contribution in [0.15, 0.2) is 42.6 Å². The maximum absolute atomic E-state index is 5.67. The van der Waals surface area contributed by atoms with E-state index in [-0.39, 0.29) is 0 Å². The van der Waals surface area contributed by atoms with Crippen LogP contribution in [0.4, 0.5) is 0 Å². The lowest BCUT2D eigenvalue weighted by atomic mass is 10.2. The molecule has 1 heterocycles. The molecule has 2 nitrogen and oxygen atoms in total. The Morgan fingerprint density at radius 3 is 2.56 bits per heavy atom. The molecule has 0 aliphatic rings. The van der Waals surface area contributed by atoms with E-state index in [2.05, 4.69) is 11.1 Å². The van der Waals surface area contributed by atoms with Gasteiger partial charge in [-0.05, 0) is 31.0 Å². The van der Waals surface area contributed by atoms with Gasteiger partial charge in [-0.3, -0.25) is 0 Å². The Morgan fingerprint density at radius 1 is 1.12 bits per heavy atom. The molecule has 0 aliphatic carbocycles. The molecule has 0 fully saturated rings. The Kier molecular flexibility index (Phi) is 3.20. The van der Waals surface area contributed by atoms with E-state index >= 15 is 0 Å². The van der Waals surface area contributed by atoms with E-state index in [0.29, 0.717) is 6.61 Å². The van der Waals surface area contributed by atoms with Gasteiger partial charge in [0.2, 0.25) is 5.88 Å². The largest absolute Gasteiger partial charge is 0.473 e. The van der Waals surface area contributed by atoms with Gasteiger partial charge in [-0.15, -0.1) is 0 Å². The first-order valence-electron chi connectivity index (χ1n) is 5.35. The molecule has 0 saturated heterocycles. The third-order valence-corrected chi connectivity index (χ3v) is 2.39. The zero-order valence-electron chi connectivity index (χ0n) is 9.60.